The first kappa shape index (κ1) is 20.3. The molecule has 0 N–H and O–H groups in total. The monoisotopic (exact) mass is 360 g/mol. The normalized spacial score (nSPS) is 12.2. The van der Waals surface area contributed by atoms with E-state index in [2.05, 4.69) is 95.6 Å². The van der Waals surface area contributed by atoms with Crippen LogP contribution in [0, 0.1) is 22.9 Å². The molecule has 0 saturated heterocycles. The molecule has 0 aliphatic carbocycles. The molecule has 0 fully saturated rings. The second kappa shape index (κ2) is 7.88. The lowest BCUT2D eigenvalue weighted by Gasteiger charge is -2.38. The van der Waals surface area contributed by atoms with Crippen molar-refractivity contribution in [2.75, 3.05) is 0 Å². The molecular formula is C20H32SSi2. The largest absolute Gasteiger partial charge is 0.146 e. The van der Waals surface area contributed by atoms with Gasteiger partial charge in [0.15, 0.2) is 0 Å². The van der Waals surface area contributed by atoms with Crippen LogP contribution in [0.5, 0.6) is 0 Å². The van der Waals surface area contributed by atoms with Gasteiger partial charge in [-0.15, -0.1) is 22.4 Å². The van der Waals surface area contributed by atoms with Gasteiger partial charge in [0.1, 0.15) is 16.1 Å². The number of thiophene rings is 1. The van der Waals surface area contributed by atoms with Gasteiger partial charge in [-0.2, -0.15) is 0 Å². The van der Waals surface area contributed by atoms with Crippen LogP contribution in [0.3, 0.4) is 0 Å². The summed E-state index contributed by atoms with van der Waals surface area (Å²) in [7, 11) is -3.01. The van der Waals surface area contributed by atoms with Crippen LogP contribution < -0.4 is 0 Å². The van der Waals surface area contributed by atoms with Crippen molar-refractivity contribution in [3.63, 3.8) is 0 Å². The lowest BCUT2D eigenvalue weighted by molar-refractivity contribution is 0.838. The van der Waals surface area contributed by atoms with Gasteiger partial charge < -0.3 is 0 Å². The average Bonchev–Trinajstić information content (AvgIpc) is 2.82. The maximum atomic E-state index is 3.81. The fraction of sp³-hybridized carbons (Fsp3) is 0.600. The molecule has 0 bridgehead atoms. The Kier molecular flexibility index (Phi) is 6.96. The van der Waals surface area contributed by atoms with Crippen molar-refractivity contribution in [2.24, 2.45) is 0 Å². The molecule has 0 nitrogen and oxygen atoms in total. The van der Waals surface area contributed by atoms with Crippen LogP contribution in [0.25, 0.3) is 0 Å². The molecule has 3 heteroatoms. The van der Waals surface area contributed by atoms with Gasteiger partial charge in [0, 0.05) is 0 Å². The standard InChI is InChI=1S/C20H32SSi2/c1-16(2)23(17(3)4,18(5)6)15-11-19-10-13-21-20(19)12-14-22(7,8)9/h10,13,16-18H,1-9H3. The third-order valence-corrected chi connectivity index (χ3v) is 12.5. The van der Waals surface area contributed by atoms with Crippen molar-refractivity contribution in [2.45, 2.75) is 77.8 Å². The van der Waals surface area contributed by atoms with Gasteiger partial charge in [-0.25, -0.2) is 0 Å². The zero-order chi connectivity index (χ0) is 17.8. The van der Waals surface area contributed by atoms with Crippen molar-refractivity contribution in [3.8, 4) is 22.9 Å². The Bertz CT molecular complexity index is 615. The first-order valence-corrected chi connectivity index (χ1v) is 15.3. The van der Waals surface area contributed by atoms with E-state index in [0.717, 1.165) is 10.4 Å². The van der Waals surface area contributed by atoms with E-state index in [4.69, 9.17) is 0 Å². The first-order chi connectivity index (χ1) is 10.5. The van der Waals surface area contributed by atoms with E-state index in [9.17, 15) is 0 Å². The molecule has 126 valence electrons. The third-order valence-electron chi connectivity index (χ3n) is 4.50. The van der Waals surface area contributed by atoms with Gasteiger partial charge in [-0.05, 0) is 28.1 Å². The van der Waals surface area contributed by atoms with Crippen LogP contribution >= 0.6 is 11.3 Å². The molecule has 0 saturated carbocycles. The van der Waals surface area contributed by atoms with Gasteiger partial charge in [0.25, 0.3) is 0 Å². The minimum absolute atomic E-state index is 0.671. The second-order valence-electron chi connectivity index (χ2n) is 8.31. The molecule has 0 unspecified atom stereocenters. The SMILES string of the molecule is CC(C)[Si](C#Cc1ccsc1C#C[Si](C)(C)C)(C(C)C)C(C)C. The Morgan fingerprint density at radius 2 is 1.35 bits per heavy atom. The van der Waals surface area contributed by atoms with Crippen molar-refractivity contribution >= 4 is 27.5 Å². The van der Waals surface area contributed by atoms with Crippen molar-refractivity contribution in [3.05, 3.63) is 21.9 Å². The molecule has 0 spiro atoms. The number of hydrogen-bond donors (Lipinski definition) is 0. The molecule has 1 aromatic heterocycles. The molecule has 0 aromatic carbocycles. The highest BCUT2D eigenvalue weighted by atomic mass is 32.1. The summed E-state index contributed by atoms with van der Waals surface area (Å²) < 4.78 is 0. The average molecular weight is 361 g/mol. The quantitative estimate of drug-likeness (QED) is 0.423. The molecular weight excluding hydrogens is 328 g/mol. The summed E-state index contributed by atoms with van der Waals surface area (Å²) >= 11 is 1.73. The molecule has 1 rings (SSSR count). The van der Waals surface area contributed by atoms with Gasteiger partial charge in [0.2, 0.25) is 0 Å². The highest BCUT2D eigenvalue weighted by Gasteiger charge is 2.41. The van der Waals surface area contributed by atoms with E-state index in [1.54, 1.807) is 11.3 Å². The van der Waals surface area contributed by atoms with Crippen LogP contribution in [-0.4, -0.2) is 16.1 Å². The summed E-state index contributed by atoms with van der Waals surface area (Å²) in [6.45, 7) is 21.0. The summed E-state index contributed by atoms with van der Waals surface area (Å²) in [6, 6.07) is 2.14. The minimum atomic E-state index is -1.66. The molecule has 0 aliphatic rings. The third kappa shape index (κ3) is 5.11. The molecule has 1 aromatic rings. The summed E-state index contributed by atoms with van der Waals surface area (Å²) in [5.41, 5.74) is 10.4. The van der Waals surface area contributed by atoms with Crippen molar-refractivity contribution in [1.29, 1.82) is 0 Å². The van der Waals surface area contributed by atoms with Gasteiger partial charge in [0.05, 0.1) is 10.4 Å². The van der Waals surface area contributed by atoms with E-state index in [0.29, 0.717) is 16.6 Å². The Labute approximate surface area is 150 Å². The predicted molar refractivity (Wildman–Crippen MR) is 112 cm³/mol. The van der Waals surface area contributed by atoms with E-state index in [-0.39, 0.29) is 0 Å². The Balaban J connectivity index is 3.30. The topological polar surface area (TPSA) is 0 Å². The summed E-state index contributed by atoms with van der Waals surface area (Å²) in [4.78, 5) is 1.15. The highest BCUT2D eigenvalue weighted by molar-refractivity contribution is 7.10. The number of hydrogen-bond acceptors (Lipinski definition) is 1. The molecule has 0 amide bonds. The fourth-order valence-electron chi connectivity index (χ4n) is 3.36. The van der Waals surface area contributed by atoms with E-state index >= 15 is 0 Å². The van der Waals surface area contributed by atoms with Gasteiger partial charge in [-0.1, -0.05) is 73.0 Å². The zero-order valence-electron chi connectivity index (χ0n) is 16.3. The van der Waals surface area contributed by atoms with Gasteiger partial charge in [-0.3, -0.25) is 0 Å². The van der Waals surface area contributed by atoms with Crippen molar-refractivity contribution < 1.29 is 0 Å². The lowest BCUT2D eigenvalue weighted by Crippen LogP contribution is -2.43. The van der Waals surface area contributed by atoms with Crippen LogP contribution in [0.15, 0.2) is 11.4 Å². The maximum absolute atomic E-state index is 3.81. The maximum Gasteiger partial charge on any atom is 0.146 e. The predicted octanol–water partition coefficient (Wildman–Crippen LogP) is 6.55. The Hall–Kier alpha value is -0.746. The summed E-state index contributed by atoms with van der Waals surface area (Å²) in [6.07, 6.45) is 0. The Morgan fingerprint density at radius 1 is 0.826 bits per heavy atom. The van der Waals surface area contributed by atoms with E-state index < -0.39 is 16.1 Å². The molecule has 0 aliphatic heterocycles. The van der Waals surface area contributed by atoms with Crippen LogP contribution in [-0.2, 0) is 0 Å². The molecule has 0 radical (unpaired) electrons. The van der Waals surface area contributed by atoms with Crippen LogP contribution in [0.2, 0.25) is 36.3 Å². The van der Waals surface area contributed by atoms with Gasteiger partial charge >= 0.3 is 0 Å². The molecule has 0 atom stereocenters. The van der Waals surface area contributed by atoms with E-state index in [1.165, 1.54) is 0 Å². The second-order valence-corrected chi connectivity index (χ2v) is 19.6. The fourth-order valence-corrected chi connectivity index (χ4v) is 9.86. The Morgan fingerprint density at radius 3 is 1.78 bits per heavy atom. The number of rotatable bonds is 3. The summed E-state index contributed by atoms with van der Waals surface area (Å²) in [5.74, 6) is 6.95. The lowest BCUT2D eigenvalue weighted by atomic mass is 10.3. The highest BCUT2D eigenvalue weighted by Crippen LogP contribution is 2.40. The van der Waals surface area contributed by atoms with Crippen molar-refractivity contribution in [1.82, 2.24) is 0 Å². The zero-order valence-corrected chi connectivity index (χ0v) is 19.1. The van der Waals surface area contributed by atoms with E-state index in [1.807, 2.05) is 0 Å². The first-order valence-electron chi connectivity index (χ1n) is 8.64. The van der Waals surface area contributed by atoms with Crippen LogP contribution in [0.1, 0.15) is 52.0 Å². The minimum Gasteiger partial charge on any atom is -0.134 e. The molecule has 23 heavy (non-hydrogen) atoms. The van der Waals surface area contributed by atoms with Crippen LogP contribution in [0.4, 0.5) is 0 Å². The molecule has 1 heterocycles. The summed E-state index contributed by atoms with van der Waals surface area (Å²) in [5, 5.41) is 2.13. The smallest absolute Gasteiger partial charge is 0.134 e.